The molecule has 0 aromatic heterocycles. The van der Waals surface area contributed by atoms with Gasteiger partial charge in [-0.05, 0) is 13.3 Å². The quantitative estimate of drug-likeness (QED) is 0.632. The van der Waals surface area contributed by atoms with Crippen LogP contribution in [-0.4, -0.2) is 35.0 Å². The van der Waals surface area contributed by atoms with Gasteiger partial charge in [-0.2, -0.15) is 13.2 Å². The Hall–Kier alpha value is -2.12. The lowest BCUT2D eigenvalue weighted by Crippen LogP contribution is -2.44. The van der Waals surface area contributed by atoms with Gasteiger partial charge in [0.15, 0.2) is 0 Å². The summed E-state index contributed by atoms with van der Waals surface area (Å²) in [5, 5.41) is 10.8. The molecular formula is C12H13F3N2O3. The third-order valence-electron chi connectivity index (χ3n) is 2.93. The second-order valence-electron chi connectivity index (χ2n) is 4.35. The van der Waals surface area contributed by atoms with Crippen LogP contribution in [0.15, 0.2) is 24.3 Å². The molecule has 1 aromatic rings. The number of nitro benzene ring substituents is 1. The van der Waals surface area contributed by atoms with E-state index in [-0.39, 0.29) is 17.7 Å². The molecule has 0 fully saturated rings. The van der Waals surface area contributed by atoms with Crippen LogP contribution in [0.3, 0.4) is 0 Å². The van der Waals surface area contributed by atoms with Crippen molar-refractivity contribution in [1.29, 1.82) is 0 Å². The Bertz CT molecular complexity index is 517. The molecule has 0 bridgehead atoms. The van der Waals surface area contributed by atoms with Gasteiger partial charge in [0.2, 0.25) is 0 Å². The van der Waals surface area contributed by atoms with E-state index in [0.717, 1.165) is 7.05 Å². The number of carbonyl (C=O) groups excluding carboxylic acids is 1. The Morgan fingerprint density at radius 2 is 1.95 bits per heavy atom. The largest absolute Gasteiger partial charge is 0.471 e. The SMILES string of the molecule is CC(Cc1ccccc1[N+](=O)[O-])N(C)C(=O)C(F)(F)F. The Morgan fingerprint density at radius 1 is 1.40 bits per heavy atom. The number of amides is 1. The van der Waals surface area contributed by atoms with Gasteiger partial charge in [0, 0.05) is 24.7 Å². The molecule has 0 spiro atoms. The van der Waals surface area contributed by atoms with Crippen LogP contribution in [0.4, 0.5) is 18.9 Å². The Kier molecular flexibility index (Phi) is 4.69. The molecule has 1 rings (SSSR count). The third-order valence-corrected chi connectivity index (χ3v) is 2.93. The molecule has 5 nitrogen and oxygen atoms in total. The zero-order valence-corrected chi connectivity index (χ0v) is 10.8. The second kappa shape index (κ2) is 5.89. The fourth-order valence-corrected chi connectivity index (χ4v) is 1.72. The number of benzene rings is 1. The highest BCUT2D eigenvalue weighted by Gasteiger charge is 2.42. The first-order valence-electron chi connectivity index (χ1n) is 5.71. The maximum Gasteiger partial charge on any atom is 0.471 e. The fraction of sp³-hybridized carbons (Fsp3) is 0.417. The molecule has 0 radical (unpaired) electrons. The van der Waals surface area contributed by atoms with Crippen molar-refractivity contribution in [3.05, 3.63) is 39.9 Å². The topological polar surface area (TPSA) is 63.5 Å². The molecule has 1 atom stereocenters. The van der Waals surface area contributed by atoms with Crippen LogP contribution in [0.1, 0.15) is 12.5 Å². The molecule has 0 N–H and O–H groups in total. The van der Waals surface area contributed by atoms with Crippen molar-refractivity contribution in [2.45, 2.75) is 25.6 Å². The molecule has 20 heavy (non-hydrogen) atoms. The van der Waals surface area contributed by atoms with E-state index in [1.807, 2.05) is 0 Å². The molecule has 1 unspecified atom stereocenters. The van der Waals surface area contributed by atoms with Crippen LogP contribution < -0.4 is 0 Å². The molecule has 1 aromatic carbocycles. The molecule has 0 aliphatic carbocycles. The lowest BCUT2D eigenvalue weighted by Gasteiger charge is -2.25. The lowest BCUT2D eigenvalue weighted by molar-refractivity contribution is -0.385. The normalized spacial score (nSPS) is 12.8. The van der Waals surface area contributed by atoms with Crippen LogP contribution >= 0.6 is 0 Å². The highest BCUT2D eigenvalue weighted by Crippen LogP contribution is 2.23. The van der Waals surface area contributed by atoms with Crippen molar-refractivity contribution >= 4 is 11.6 Å². The molecule has 0 aliphatic rings. The molecule has 110 valence electrons. The minimum absolute atomic E-state index is 0.0323. The molecule has 1 amide bonds. The number of likely N-dealkylation sites (N-methyl/N-ethyl adjacent to an activating group) is 1. The van der Waals surface area contributed by atoms with Crippen molar-refractivity contribution in [2.75, 3.05) is 7.05 Å². The molecular weight excluding hydrogens is 277 g/mol. The van der Waals surface area contributed by atoms with Crippen LogP contribution in [0.2, 0.25) is 0 Å². The van der Waals surface area contributed by atoms with Gasteiger partial charge in [-0.1, -0.05) is 18.2 Å². The van der Waals surface area contributed by atoms with Gasteiger partial charge >= 0.3 is 12.1 Å². The van der Waals surface area contributed by atoms with E-state index in [2.05, 4.69) is 0 Å². The lowest BCUT2D eigenvalue weighted by atomic mass is 10.0. The van der Waals surface area contributed by atoms with Crippen LogP contribution in [0, 0.1) is 10.1 Å². The third kappa shape index (κ3) is 3.69. The van der Waals surface area contributed by atoms with Gasteiger partial charge in [0.05, 0.1) is 4.92 Å². The summed E-state index contributed by atoms with van der Waals surface area (Å²) in [6, 6.07) is 4.94. The minimum Gasteiger partial charge on any atom is -0.335 e. The van der Waals surface area contributed by atoms with Crippen molar-refractivity contribution < 1.29 is 22.9 Å². The summed E-state index contributed by atoms with van der Waals surface area (Å²) in [5.74, 6) is -1.97. The van der Waals surface area contributed by atoms with E-state index in [4.69, 9.17) is 0 Å². The maximum absolute atomic E-state index is 12.3. The molecule has 0 saturated heterocycles. The highest BCUT2D eigenvalue weighted by atomic mass is 19.4. The first-order chi connectivity index (χ1) is 9.14. The average molecular weight is 290 g/mol. The monoisotopic (exact) mass is 290 g/mol. The molecule has 0 aliphatic heterocycles. The first-order valence-corrected chi connectivity index (χ1v) is 5.71. The van der Waals surface area contributed by atoms with Gasteiger partial charge in [-0.3, -0.25) is 14.9 Å². The number of halogens is 3. The summed E-state index contributed by atoms with van der Waals surface area (Å²) in [5.41, 5.74) is 0.110. The van der Waals surface area contributed by atoms with Gasteiger partial charge in [0.25, 0.3) is 5.69 Å². The van der Waals surface area contributed by atoms with Crippen LogP contribution in [0.25, 0.3) is 0 Å². The van der Waals surface area contributed by atoms with Crippen molar-refractivity contribution in [3.63, 3.8) is 0 Å². The van der Waals surface area contributed by atoms with Gasteiger partial charge in [-0.25, -0.2) is 0 Å². The summed E-state index contributed by atoms with van der Waals surface area (Å²) in [7, 11) is 1.02. The van der Waals surface area contributed by atoms with E-state index < -0.39 is 23.0 Å². The van der Waals surface area contributed by atoms with E-state index in [1.54, 1.807) is 6.07 Å². The number of para-hydroxylation sites is 1. The number of rotatable bonds is 4. The number of carbonyl (C=O) groups is 1. The number of nitro groups is 1. The van der Waals surface area contributed by atoms with Gasteiger partial charge < -0.3 is 4.90 Å². The van der Waals surface area contributed by atoms with Crippen LogP contribution in [-0.2, 0) is 11.2 Å². The Balaban J connectivity index is 2.89. The summed E-state index contributed by atoms with van der Waals surface area (Å²) >= 11 is 0. The molecule has 0 heterocycles. The van der Waals surface area contributed by atoms with Crippen molar-refractivity contribution in [2.24, 2.45) is 0 Å². The average Bonchev–Trinajstić information content (AvgIpc) is 2.36. The minimum atomic E-state index is -4.95. The van der Waals surface area contributed by atoms with E-state index in [0.29, 0.717) is 4.90 Å². The predicted octanol–water partition coefficient (Wildman–Crippen LogP) is 2.55. The predicted molar refractivity (Wildman–Crippen MR) is 65.1 cm³/mol. The van der Waals surface area contributed by atoms with E-state index >= 15 is 0 Å². The summed E-state index contributed by atoms with van der Waals surface area (Å²) in [6.45, 7) is 1.40. The standard InChI is InChI=1S/C12H13F3N2O3/c1-8(16(2)11(18)12(13,14)15)7-9-5-3-4-6-10(9)17(19)20/h3-6,8H,7H2,1-2H3. The number of nitrogens with zero attached hydrogens (tertiary/aromatic N) is 2. The zero-order valence-electron chi connectivity index (χ0n) is 10.8. The summed E-state index contributed by atoms with van der Waals surface area (Å²) < 4.78 is 36.9. The van der Waals surface area contributed by atoms with E-state index in [9.17, 15) is 28.1 Å². The molecule has 0 saturated carbocycles. The van der Waals surface area contributed by atoms with Crippen molar-refractivity contribution in [3.8, 4) is 0 Å². The second-order valence-corrected chi connectivity index (χ2v) is 4.35. The first kappa shape index (κ1) is 15.9. The van der Waals surface area contributed by atoms with Gasteiger partial charge in [0.1, 0.15) is 0 Å². The maximum atomic E-state index is 12.3. The fourth-order valence-electron chi connectivity index (χ4n) is 1.72. The Labute approximate surface area is 113 Å². The number of alkyl halides is 3. The highest BCUT2D eigenvalue weighted by molar-refractivity contribution is 5.81. The summed E-state index contributed by atoms with van der Waals surface area (Å²) in [6.07, 6.45) is -4.99. The Morgan fingerprint density at radius 3 is 2.45 bits per heavy atom. The van der Waals surface area contributed by atoms with Crippen LogP contribution in [0.5, 0.6) is 0 Å². The summed E-state index contributed by atoms with van der Waals surface area (Å²) in [4.78, 5) is 21.8. The number of hydrogen-bond donors (Lipinski definition) is 0. The van der Waals surface area contributed by atoms with Gasteiger partial charge in [-0.15, -0.1) is 0 Å². The zero-order chi connectivity index (χ0) is 15.5. The van der Waals surface area contributed by atoms with Crippen molar-refractivity contribution in [1.82, 2.24) is 4.90 Å². The smallest absolute Gasteiger partial charge is 0.335 e. The molecule has 8 heteroatoms. The van der Waals surface area contributed by atoms with E-state index in [1.165, 1.54) is 25.1 Å². The number of hydrogen-bond acceptors (Lipinski definition) is 3.